The third-order valence-electron chi connectivity index (χ3n) is 3.56. The molecule has 1 atom stereocenters. The zero-order valence-electron chi connectivity index (χ0n) is 12.4. The predicted octanol–water partition coefficient (Wildman–Crippen LogP) is 4.67. The van der Waals surface area contributed by atoms with Crippen molar-refractivity contribution in [3.63, 3.8) is 0 Å². The quantitative estimate of drug-likeness (QED) is 0.620. The molecule has 7 heteroatoms. The Morgan fingerprint density at radius 1 is 1.27 bits per heavy atom. The molecular formula is C15H22Br2Cl2N2O. The molecular weight excluding hydrogens is 455 g/mol. The number of nitrogens with one attached hydrogen (secondary N) is 1. The number of benzene rings is 1. The molecule has 22 heavy (non-hydrogen) atoms. The topological polar surface area (TPSA) is 35.5 Å². The molecule has 0 aromatic heterocycles. The normalized spacial score (nSPS) is 16.3. The smallest absolute Gasteiger partial charge is 0.143 e. The van der Waals surface area contributed by atoms with Crippen LogP contribution in [0.25, 0.3) is 0 Å². The van der Waals surface area contributed by atoms with E-state index in [1.54, 1.807) is 0 Å². The van der Waals surface area contributed by atoms with Crippen LogP contribution < -0.4 is 5.32 Å². The Bertz CT molecular complexity index is 485. The number of halogens is 4. The summed E-state index contributed by atoms with van der Waals surface area (Å²) in [6.45, 7) is 10.2. The van der Waals surface area contributed by atoms with Gasteiger partial charge >= 0.3 is 0 Å². The standard InChI is InChI=1S/C15H20Br2N2O.2ClH/c1-10(2)7-14(19-5-3-18-4-6-19)11-8-12(16)15(20)13(17)9-11;;/h8-9,14,18,20H,1,3-7H2,2H3;2*1H/t14-;;/m1../s1. The average molecular weight is 477 g/mol. The van der Waals surface area contributed by atoms with Gasteiger partial charge in [0.2, 0.25) is 0 Å². The average Bonchev–Trinajstić information content (AvgIpc) is 2.42. The van der Waals surface area contributed by atoms with Gasteiger partial charge in [-0.2, -0.15) is 0 Å². The molecule has 0 amide bonds. The molecule has 2 rings (SSSR count). The van der Waals surface area contributed by atoms with Crippen LogP contribution in [0.5, 0.6) is 5.75 Å². The van der Waals surface area contributed by atoms with Gasteiger partial charge in [0.1, 0.15) is 5.75 Å². The fourth-order valence-electron chi connectivity index (χ4n) is 2.56. The van der Waals surface area contributed by atoms with E-state index in [2.05, 4.69) is 55.6 Å². The molecule has 0 aliphatic carbocycles. The summed E-state index contributed by atoms with van der Waals surface area (Å²) in [5.41, 5.74) is 2.38. The summed E-state index contributed by atoms with van der Waals surface area (Å²) in [4.78, 5) is 2.48. The molecule has 0 saturated carbocycles. The SMILES string of the molecule is C=C(C)C[C@H](c1cc(Br)c(O)c(Br)c1)N1CCNCC1.Cl.Cl. The van der Waals surface area contributed by atoms with Gasteiger partial charge in [-0.25, -0.2) is 0 Å². The Morgan fingerprint density at radius 2 is 1.77 bits per heavy atom. The Kier molecular flexibility index (Phi) is 10.3. The van der Waals surface area contributed by atoms with Gasteiger partial charge in [0.05, 0.1) is 8.95 Å². The van der Waals surface area contributed by atoms with Crippen molar-refractivity contribution >= 4 is 56.7 Å². The summed E-state index contributed by atoms with van der Waals surface area (Å²) < 4.78 is 1.45. The summed E-state index contributed by atoms with van der Waals surface area (Å²) in [6.07, 6.45) is 0.934. The van der Waals surface area contributed by atoms with Crippen molar-refractivity contribution in [3.8, 4) is 5.75 Å². The van der Waals surface area contributed by atoms with Gasteiger partial charge in [0, 0.05) is 32.2 Å². The fraction of sp³-hybridized carbons (Fsp3) is 0.467. The summed E-state index contributed by atoms with van der Waals surface area (Å²) in [7, 11) is 0. The van der Waals surface area contributed by atoms with Gasteiger partial charge < -0.3 is 10.4 Å². The Morgan fingerprint density at radius 3 is 2.23 bits per heavy atom. The largest absolute Gasteiger partial charge is 0.506 e. The van der Waals surface area contributed by atoms with Crippen LogP contribution in [0.1, 0.15) is 24.9 Å². The van der Waals surface area contributed by atoms with Gasteiger partial charge in [-0.05, 0) is 62.9 Å². The van der Waals surface area contributed by atoms with Crippen LogP contribution in [0.15, 0.2) is 33.2 Å². The van der Waals surface area contributed by atoms with E-state index in [1.807, 2.05) is 12.1 Å². The lowest BCUT2D eigenvalue weighted by atomic mass is 9.98. The molecule has 1 saturated heterocycles. The monoisotopic (exact) mass is 474 g/mol. The van der Waals surface area contributed by atoms with Gasteiger partial charge in [-0.1, -0.05) is 5.57 Å². The van der Waals surface area contributed by atoms with Crippen molar-refractivity contribution in [1.29, 1.82) is 0 Å². The van der Waals surface area contributed by atoms with Crippen LogP contribution in [0.2, 0.25) is 0 Å². The molecule has 1 aromatic rings. The number of phenolic OH excluding ortho intramolecular Hbond substituents is 1. The zero-order valence-corrected chi connectivity index (χ0v) is 17.2. The maximum atomic E-state index is 9.87. The molecule has 0 unspecified atom stereocenters. The molecule has 0 radical (unpaired) electrons. The number of nitrogens with zero attached hydrogens (tertiary/aromatic N) is 1. The van der Waals surface area contributed by atoms with E-state index >= 15 is 0 Å². The van der Waals surface area contributed by atoms with E-state index in [4.69, 9.17) is 0 Å². The van der Waals surface area contributed by atoms with Gasteiger partial charge in [0.25, 0.3) is 0 Å². The number of hydrogen-bond acceptors (Lipinski definition) is 3. The maximum Gasteiger partial charge on any atom is 0.143 e. The van der Waals surface area contributed by atoms with Crippen molar-refractivity contribution in [2.24, 2.45) is 0 Å². The third-order valence-corrected chi connectivity index (χ3v) is 4.77. The molecule has 0 bridgehead atoms. The number of rotatable bonds is 4. The highest BCUT2D eigenvalue weighted by atomic mass is 79.9. The van der Waals surface area contributed by atoms with E-state index < -0.39 is 0 Å². The molecule has 1 aliphatic heterocycles. The lowest BCUT2D eigenvalue weighted by Crippen LogP contribution is -2.45. The number of phenols is 1. The molecule has 3 nitrogen and oxygen atoms in total. The lowest BCUT2D eigenvalue weighted by molar-refractivity contribution is 0.172. The molecule has 2 N–H and O–H groups in total. The second-order valence-corrected chi connectivity index (χ2v) is 7.00. The second-order valence-electron chi connectivity index (χ2n) is 5.30. The van der Waals surface area contributed by atoms with Crippen molar-refractivity contribution in [1.82, 2.24) is 10.2 Å². The van der Waals surface area contributed by atoms with Crippen LogP contribution in [0, 0.1) is 0 Å². The Labute approximate surface area is 161 Å². The molecule has 1 aliphatic rings. The van der Waals surface area contributed by atoms with E-state index in [0.717, 1.165) is 41.5 Å². The second kappa shape index (κ2) is 10.2. The first kappa shape index (κ1) is 22.2. The number of piperazine rings is 1. The first-order chi connectivity index (χ1) is 9.49. The highest BCUT2D eigenvalue weighted by Crippen LogP contribution is 2.38. The molecule has 1 aromatic carbocycles. The van der Waals surface area contributed by atoms with Crippen molar-refractivity contribution in [3.05, 3.63) is 38.8 Å². The van der Waals surface area contributed by atoms with E-state index in [1.165, 1.54) is 11.1 Å². The summed E-state index contributed by atoms with van der Waals surface area (Å²) >= 11 is 6.84. The molecule has 0 spiro atoms. The Hall–Kier alpha value is 0.220. The van der Waals surface area contributed by atoms with Crippen LogP contribution in [0.4, 0.5) is 0 Å². The number of hydrogen-bond donors (Lipinski definition) is 2. The maximum absolute atomic E-state index is 9.87. The molecule has 1 heterocycles. The van der Waals surface area contributed by atoms with Crippen LogP contribution in [-0.4, -0.2) is 36.2 Å². The summed E-state index contributed by atoms with van der Waals surface area (Å²) in [6, 6.07) is 4.33. The fourth-order valence-corrected chi connectivity index (χ4v) is 3.78. The highest BCUT2D eigenvalue weighted by molar-refractivity contribution is 9.11. The van der Waals surface area contributed by atoms with Crippen LogP contribution >= 0.6 is 56.7 Å². The van der Waals surface area contributed by atoms with Crippen molar-refractivity contribution in [2.45, 2.75) is 19.4 Å². The van der Waals surface area contributed by atoms with Gasteiger partial charge in [-0.3, -0.25) is 4.90 Å². The minimum absolute atomic E-state index is 0. The van der Waals surface area contributed by atoms with Gasteiger partial charge in [-0.15, -0.1) is 31.4 Å². The summed E-state index contributed by atoms with van der Waals surface area (Å²) in [5, 5.41) is 13.3. The predicted molar refractivity (Wildman–Crippen MR) is 105 cm³/mol. The van der Waals surface area contributed by atoms with Crippen molar-refractivity contribution in [2.75, 3.05) is 26.2 Å². The third kappa shape index (κ3) is 5.69. The van der Waals surface area contributed by atoms with Crippen molar-refractivity contribution < 1.29 is 5.11 Å². The highest BCUT2D eigenvalue weighted by Gasteiger charge is 2.23. The minimum Gasteiger partial charge on any atom is -0.506 e. The van der Waals surface area contributed by atoms with E-state index in [9.17, 15) is 5.11 Å². The number of aromatic hydroxyl groups is 1. The first-order valence-corrected chi connectivity index (χ1v) is 8.34. The zero-order chi connectivity index (χ0) is 14.7. The molecule has 126 valence electrons. The molecule has 1 fully saturated rings. The van der Waals surface area contributed by atoms with Crippen LogP contribution in [0.3, 0.4) is 0 Å². The Balaban J connectivity index is 0.00000220. The lowest BCUT2D eigenvalue weighted by Gasteiger charge is -2.35. The van der Waals surface area contributed by atoms with E-state index in [0.29, 0.717) is 6.04 Å². The van der Waals surface area contributed by atoms with Gasteiger partial charge in [0.15, 0.2) is 0 Å². The first-order valence-electron chi connectivity index (χ1n) is 6.76. The minimum atomic E-state index is 0. The van der Waals surface area contributed by atoms with Crippen LogP contribution in [-0.2, 0) is 0 Å². The summed E-state index contributed by atoms with van der Waals surface area (Å²) in [5.74, 6) is 0.253. The van der Waals surface area contributed by atoms with E-state index in [-0.39, 0.29) is 30.6 Å².